The molecule has 4 nitrogen and oxygen atoms in total. The Morgan fingerprint density at radius 2 is 1.74 bits per heavy atom. The van der Waals surface area contributed by atoms with Crippen LogP contribution in [0.25, 0.3) is 6.08 Å². The molecule has 1 saturated heterocycles. The molecule has 35 heavy (non-hydrogen) atoms. The van der Waals surface area contributed by atoms with E-state index in [4.69, 9.17) is 4.74 Å². The predicted molar refractivity (Wildman–Crippen MR) is 145 cm³/mol. The van der Waals surface area contributed by atoms with Crippen LogP contribution in [0.2, 0.25) is 0 Å². The number of ether oxygens (including phenoxy) is 1. The molecule has 1 N–H and O–H groups in total. The van der Waals surface area contributed by atoms with Gasteiger partial charge in [-0.05, 0) is 97.7 Å². The molecule has 2 aromatic rings. The number of piperidine rings is 1. The SMILES string of the molecule is CCOC(=O)c1ccc(N2CCC(=Cc3ccc(N[C@H]4C[C@@H]5C[C@@H]([C@H]4C)C5(C)C)cc3)CC2)cc1. The maximum Gasteiger partial charge on any atom is 0.338 e. The van der Waals surface area contributed by atoms with Crippen LogP contribution in [0, 0.1) is 23.2 Å². The van der Waals surface area contributed by atoms with Crippen molar-refractivity contribution in [2.24, 2.45) is 23.2 Å². The van der Waals surface area contributed by atoms with E-state index < -0.39 is 0 Å². The summed E-state index contributed by atoms with van der Waals surface area (Å²) >= 11 is 0. The van der Waals surface area contributed by atoms with Crippen LogP contribution in [0.5, 0.6) is 0 Å². The topological polar surface area (TPSA) is 41.6 Å². The van der Waals surface area contributed by atoms with Crippen molar-refractivity contribution >= 4 is 23.4 Å². The molecular formula is C31H40N2O2. The first-order valence-corrected chi connectivity index (χ1v) is 13.4. The van der Waals surface area contributed by atoms with Crippen LogP contribution < -0.4 is 10.2 Å². The molecular weight excluding hydrogens is 432 g/mol. The van der Waals surface area contributed by atoms with Gasteiger partial charge < -0.3 is 15.0 Å². The predicted octanol–water partition coefficient (Wildman–Crippen LogP) is 7.03. The first-order chi connectivity index (χ1) is 16.8. The average Bonchev–Trinajstić information content (AvgIpc) is 2.87. The van der Waals surface area contributed by atoms with Gasteiger partial charge >= 0.3 is 5.97 Å². The summed E-state index contributed by atoms with van der Waals surface area (Å²) in [4.78, 5) is 14.3. The van der Waals surface area contributed by atoms with Crippen LogP contribution >= 0.6 is 0 Å². The zero-order chi connectivity index (χ0) is 24.6. The molecule has 2 aromatic carbocycles. The molecule has 4 atom stereocenters. The molecule has 0 unspecified atom stereocenters. The summed E-state index contributed by atoms with van der Waals surface area (Å²) in [5.74, 6) is 2.23. The van der Waals surface area contributed by atoms with Crippen LogP contribution in [-0.2, 0) is 4.74 Å². The Labute approximate surface area is 210 Å². The summed E-state index contributed by atoms with van der Waals surface area (Å²) in [7, 11) is 0. The van der Waals surface area contributed by atoms with E-state index in [2.05, 4.69) is 61.3 Å². The van der Waals surface area contributed by atoms with Gasteiger partial charge in [0.15, 0.2) is 0 Å². The summed E-state index contributed by atoms with van der Waals surface area (Å²) in [5, 5.41) is 3.85. The molecule has 3 saturated carbocycles. The second-order valence-corrected chi connectivity index (χ2v) is 11.4. The van der Waals surface area contributed by atoms with E-state index >= 15 is 0 Å². The van der Waals surface area contributed by atoms with Crippen molar-refractivity contribution in [1.29, 1.82) is 0 Å². The van der Waals surface area contributed by atoms with Gasteiger partial charge in [-0.15, -0.1) is 0 Å². The fourth-order valence-corrected chi connectivity index (χ4v) is 6.68. The maximum atomic E-state index is 11.9. The molecule has 3 aliphatic carbocycles. The second-order valence-electron chi connectivity index (χ2n) is 11.4. The minimum Gasteiger partial charge on any atom is -0.462 e. The molecule has 0 aromatic heterocycles. The van der Waals surface area contributed by atoms with E-state index in [9.17, 15) is 4.79 Å². The monoisotopic (exact) mass is 472 g/mol. The Morgan fingerprint density at radius 3 is 2.34 bits per heavy atom. The Hall–Kier alpha value is -2.75. The van der Waals surface area contributed by atoms with E-state index in [0.717, 1.165) is 43.7 Å². The van der Waals surface area contributed by atoms with Crippen molar-refractivity contribution in [2.45, 2.75) is 59.4 Å². The standard InChI is InChI=1S/C31H40N2O2/c1-5-35-30(34)24-8-12-27(13-9-24)33-16-14-23(15-17-33)18-22-6-10-26(11-7-22)32-29-20-25-19-28(21(29)2)31(25,3)4/h6-13,18,21,25,28-29,32H,5,14-17,19-20H2,1-4H3/t21-,25+,28+,29+/m1/s1. The average molecular weight is 473 g/mol. The molecule has 0 spiro atoms. The molecule has 4 aliphatic rings. The molecule has 2 bridgehead atoms. The number of rotatable bonds is 6. The summed E-state index contributed by atoms with van der Waals surface area (Å²) in [5.41, 5.74) is 6.38. The first-order valence-electron chi connectivity index (χ1n) is 13.4. The van der Waals surface area contributed by atoms with Crippen molar-refractivity contribution in [1.82, 2.24) is 0 Å². The number of esters is 1. The van der Waals surface area contributed by atoms with Gasteiger partial charge in [0.25, 0.3) is 0 Å². The maximum absolute atomic E-state index is 11.9. The normalized spacial score (nSPS) is 27.1. The number of carbonyl (C=O) groups is 1. The number of hydrogen-bond acceptors (Lipinski definition) is 4. The van der Waals surface area contributed by atoms with Crippen LogP contribution in [0.3, 0.4) is 0 Å². The fourth-order valence-electron chi connectivity index (χ4n) is 6.68. The number of benzene rings is 2. The number of carbonyl (C=O) groups excluding carboxylic acids is 1. The third-order valence-corrected chi connectivity index (χ3v) is 9.14. The van der Waals surface area contributed by atoms with Crippen molar-refractivity contribution in [2.75, 3.05) is 29.9 Å². The highest BCUT2D eigenvalue weighted by molar-refractivity contribution is 5.89. The van der Waals surface area contributed by atoms with Crippen LogP contribution in [0.4, 0.5) is 11.4 Å². The molecule has 186 valence electrons. The Morgan fingerprint density at radius 1 is 1.06 bits per heavy atom. The van der Waals surface area contributed by atoms with Gasteiger partial charge in [0.05, 0.1) is 12.2 Å². The number of nitrogens with zero attached hydrogens (tertiary/aromatic N) is 1. The molecule has 1 heterocycles. The lowest BCUT2D eigenvalue weighted by Gasteiger charge is -2.62. The quantitative estimate of drug-likeness (QED) is 0.458. The van der Waals surface area contributed by atoms with Crippen LogP contribution in [-0.4, -0.2) is 31.7 Å². The summed E-state index contributed by atoms with van der Waals surface area (Å²) in [6.45, 7) is 11.6. The molecule has 0 radical (unpaired) electrons. The van der Waals surface area contributed by atoms with Crippen molar-refractivity contribution < 1.29 is 9.53 Å². The third kappa shape index (κ3) is 4.85. The lowest BCUT2D eigenvalue weighted by molar-refractivity contribution is -0.105. The van der Waals surface area contributed by atoms with E-state index in [0.29, 0.717) is 23.6 Å². The number of nitrogens with one attached hydrogen (secondary N) is 1. The minimum absolute atomic E-state index is 0.252. The van der Waals surface area contributed by atoms with Gasteiger partial charge in [-0.1, -0.05) is 44.6 Å². The summed E-state index contributed by atoms with van der Waals surface area (Å²) in [6.07, 6.45) is 7.23. The number of fused-ring (bicyclic) bond motifs is 2. The number of anilines is 2. The highest BCUT2D eigenvalue weighted by atomic mass is 16.5. The second kappa shape index (κ2) is 9.72. The molecule has 4 fully saturated rings. The van der Waals surface area contributed by atoms with Gasteiger partial charge in [-0.25, -0.2) is 4.79 Å². The Bertz CT molecular complexity index is 1060. The van der Waals surface area contributed by atoms with Crippen molar-refractivity contribution in [3.8, 4) is 0 Å². The Kier molecular flexibility index (Phi) is 6.65. The van der Waals surface area contributed by atoms with E-state index in [1.807, 2.05) is 31.2 Å². The number of hydrogen-bond donors (Lipinski definition) is 1. The van der Waals surface area contributed by atoms with Gasteiger partial charge in [0.2, 0.25) is 0 Å². The zero-order valence-corrected chi connectivity index (χ0v) is 21.7. The van der Waals surface area contributed by atoms with E-state index in [1.165, 1.54) is 35.4 Å². The van der Waals surface area contributed by atoms with Crippen LogP contribution in [0.1, 0.15) is 69.3 Å². The Balaban J connectivity index is 1.14. The van der Waals surface area contributed by atoms with Crippen LogP contribution in [0.15, 0.2) is 54.1 Å². The van der Waals surface area contributed by atoms with Crippen molar-refractivity contribution in [3.63, 3.8) is 0 Å². The lowest BCUT2D eigenvalue weighted by Crippen LogP contribution is -2.58. The van der Waals surface area contributed by atoms with Gasteiger partial charge in [0.1, 0.15) is 0 Å². The highest BCUT2D eigenvalue weighted by Crippen LogP contribution is 2.61. The van der Waals surface area contributed by atoms with E-state index in [1.54, 1.807) is 0 Å². The fraction of sp³-hybridized carbons (Fsp3) is 0.516. The van der Waals surface area contributed by atoms with E-state index in [-0.39, 0.29) is 5.97 Å². The van der Waals surface area contributed by atoms with Gasteiger partial charge in [-0.2, -0.15) is 0 Å². The molecule has 4 heteroatoms. The zero-order valence-electron chi connectivity index (χ0n) is 21.7. The largest absolute Gasteiger partial charge is 0.462 e. The molecule has 1 aliphatic heterocycles. The van der Waals surface area contributed by atoms with Crippen molar-refractivity contribution in [3.05, 3.63) is 65.2 Å². The third-order valence-electron chi connectivity index (χ3n) is 9.14. The highest BCUT2D eigenvalue weighted by Gasteiger charge is 2.56. The minimum atomic E-state index is -0.252. The lowest BCUT2D eigenvalue weighted by atomic mass is 9.45. The van der Waals surface area contributed by atoms with Gasteiger partial charge in [0, 0.05) is 30.5 Å². The molecule has 6 rings (SSSR count). The summed E-state index contributed by atoms with van der Waals surface area (Å²) in [6, 6.07) is 17.4. The smallest absolute Gasteiger partial charge is 0.338 e. The molecule has 0 amide bonds. The van der Waals surface area contributed by atoms with Gasteiger partial charge in [-0.3, -0.25) is 0 Å². The first kappa shape index (κ1) is 24.0. The summed E-state index contributed by atoms with van der Waals surface area (Å²) < 4.78 is 5.08.